The third-order valence-electron chi connectivity index (χ3n) is 4.94. The maximum atomic E-state index is 10.5. The molecule has 0 saturated carbocycles. The summed E-state index contributed by atoms with van der Waals surface area (Å²) in [6.45, 7) is 6.62. The molecule has 0 fully saturated rings. The lowest BCUT2D eigenvalue weighted by atomic mass is 9.83. The number of aromatic hydroxyl groups is 1. The Morgan fingerprint density at radius 2 is 1.86 bits per heavy atom. The Morgan fingerprint density at radius 1 is 1.09 bits per heavy atom. The van der Waals surface area contributed by atoms with Crippen LogP contribution < -0.4 is 0 Å². The van der Waals surface area contributed by atoms with Gasteiger partial charge in [-0.15, -0.1) is 0 Å². The van der Waals surface area contributed by atoms with Crippen LogP contribution in [0.3, 0.4) is 0 Å². The highest BCUT2D eigenvalue weighted by atomic mass is 16.3. The van der Waals surface area contributed by atoms with Crippen LogP contribution >= 0.6 is 0 Å². The molecule has 1 heteroatoms. The Kier molecular flexibility index (Phi) is 6.54. The minimum atomic E-state index is 0.410. The summed E-state index contributed by atoms with van der Waals surface area (Å²) in [6.07, 6.45) is 13.6. The molecule has 0 heterocycles. The predicted molar refractivity (Wildman–Crippen MR) is 95.7 cm³/mol. The monoisotopic (exact) mass is 300 g/mol. The molecule has 0 saturated heterocycles. The van der Waals surface area contributed by atoms with Gasteiger partial charge in [0.1, 0.15) is 5.75 Å². The van der Waals surface area contributed by atoms with E-state index < -0.39 is 0 Å². The molecule has 1 unspecified atom stereocenters. The molecule has 0 spiro atoms. The molecule has 122 valence electrons. The normalized spacial score (nSPS) is 18.3. The van der Waals surface area contributed by atoms with E-state index in [-0.39, 0.29) is 0 Å². The smallest absolute Gasteiger partial charge is 0.119 e. The molecule has 0 aromatic heterocycles. The second-order valence-electron chi connectivity index (χ2n) is 7.02. The van der Waals surface area contributed by atoms with Crippen molar-refractivity contribution in [1.29, 1.82) is 0 Å². The van der Waals surface area contributed by atoms with Gasteiger partial charge in [-0.1, -0.05) is 50.3 Å². The van der Waals surface area contributed by atoms with Crippen molar-refractivity contribution in [1.82, 2.24) is 0 Å². The minimum Gasteiger partial charge on any atom is -0.508 e. The summed E-state index contributed by atoms with van der Waals surface area (Å²) < 4.78 is 0. The fraction of sp³-hybridized carbons (Fsp3) is 0.619. The summed E-state index contributed by atoms with van der Waals surface area (Å²) >= 11 is 0. The maximum absolute atomic E-state index is 10.5. The van der Waals surface area contributed by atoms with E-state index in [2.05, 4.69) is 32.9 Å². The van der Waals surface area contributed by atoms with E-state index in [4.69, 9.17) is 0 Å². The molecule has 2 rings (SSSR count). The van der Waals surface area contributed by atoms with Crippen LogP contribution in [0.2, 0.25) is 0 Å². The molecule has 0 bridgehead atoms. The van der Waals surface area contributed by atoms with Crippen LogP contribution in [0, 0.1) is 6.92 Å². The first-order chi connectivity index (χ1) is 10.6. The van der Waals surface area contributed by atoms with Crippen molar-refractivity contribution in [3.8, 4) is 5.75 Å². The zero-order valence-electron chi connectivity index (χ0n) is 14.6. The molecule has 0 amide bonds. The SMILES string of the molecule is CCCCCCCc1cc(C)c(C2C=C(C)CCC2)c(O)c1. The number of phenols is 1. The van der Waals surface area contributed by atoms with Crippen molar-refractivity contribution >= 4 is 0 Å². The van der Waals surface area contributed by atoms with E-state index >= 15 is 0 Å². The average molecular weight is 300 g/mol. The highest BCUT2D eigenvalue weighted by Crippen LogP contribution is 2.38. The van der Waals surface area contributed by atoms with Gasteiger partial charge in [-0.3, -0.25) is 0 Å². The molecule has 1 aromatic carbocycles. The van der Waals surface area contributed by atoms with Gasteiger partial charge in [0.25, 0.3) is 0 Å². The lowest BCUT2D eigenvalue weighted by Gasteiger charge is -2.23. The van der Waals surface area contributed by atoms with E-state index in [1.165, 1.54) is 68.1 Å². The van der Waals surface area contributed by atoms with E-state index in [1.54, 1.807) is 0 Å². The number of unbranched alkanes of at least 4 members (excludes halogenated alkanes) is 4. The van der Waals surface area contributed by atoms with E-state index in [1.807, 2.05) is 6.07 Å². The molecule has 1 aliphatic carbocycles. The largest absolute Gasteiger partial charge is 0.508 e. The molecule has 1 aliphatic rings. The maximum Gasteiger partial charge on any atom is 0.119 e. The minimum absolute atomic E-state index is 0.410. The summed E-state index contributed by atoms with van der Waals surface area (Å²) in [6, 6.07) is 4.31. The molecule has 22 heavy (non-hydrogen) atoms. The first kappa shape index (κ1) is 17.1. The van der Waals surface area contributed by atoms with E-state index in [0.29, 0.717) is 11.7 Å². The van der Waals surface area contributed by atoms with E-state index in [9.17, 15) is 5.11 Å². The topological polar surface area (TPSA) is 20.2 Å². The summed E-state index contributed by atoms with van der Waals surface area (Å²) in [5.41, 5.74) is 5.19. The molecule has 1 N–H and O–H groups in total. The number of allylic oxidation sites excluding steroid dienone is 2. The third-order valence-corrected chi connectivity index (χ3v) is 4.94. The van der Waals surface area contributed by atoms with Gasteiger partial charge in [-0.05, 0) is 63.1 Å². The van der Waals surface area contributed by atoms with Crippen LogP contribution in [0.5, 0.6) is 5.75 Å². The van der Waals surface area contributed by atoms with Crippen LogP contribution in [0.4, 0.5) is 0 Å². The molecular weight excluding hydrogens is 268 g/mol. The predicted octanol–water partition coefficient (Wildman–Crippen LogP) is 6.43. The second-order valence-corrected chi connectivity index (χ2v) is 7.02. The highest BCUT2D eigenvalue weighted by molar-refractivity contribution is 5.47. The van der Waals surface area contributed by atoms with Gasteiger partial charge in [-0.25, -0.2) is 0 Å². The fourth-order valence-electron chi connectivity index (χ4n) is 3.75. The zero-order chi connectivity index (χ0) is 15.9. The fourth-order valence-corrected chi connectivity index (χ4v) is 3.75. The number of hydrogen-bond donors (Lipinski definition) is 1. The van der Waals surface area contributed by atoms with Gasteiger partial charge in [0.2, 0.25) is 0 Å². The van der Waals surface area contributed by atoms with Crippen molar-refractivity contribution in [3.63, 3.8) is 0 Å². The Labute approximate surface area is 136 Å². The number of aryl methyl sites for hydroxylation is 2. The Morgan fingerprint density at radius 3 is 2.55 bits per heavy atom. The van der Waals surface area contributed by atoms with Crippen molar-refractivity contribution < 1.29 is 5.11 Å². The van der Waals surface area contributed by atoms with Gasteiger partial charge in [0.15, 0.2) is 0 Å². The number of hydrogen-bond acceptors (Lipinski definition) is 1. The van der Waals surface area contributed by atoms with Crippen molar-refractivity contribution in [3.05, 3.63) is 40.5 Å². The number of benzene rings is 1. The van der Waals surface area contributed by atoms with E-state index in [0.717, 1.165) is 12.0 Å². The van der Waals surface area contributed by atoms with Gasteiger partial charge in [0, 0.05) is 11.5 Å². The zero-order valence-corrected chi connectivity index (χ0v) is 14.6. The third kappa shape index (κ3) is 4.63. The Balaban J connectivity index is 2.03. The van der Waals surface area contributed by atoms with Gasteiger partial charge >= 0.3 is 0 Å². The van der Waals surface area contributed by atoms with Crippen LogP contribution in [-0.4, -0.2) is 5.11 Å². The van der Waals surface area contributed by atoms with Crippen LogP contribution in [-0.2, 0) is 6.42 Å². The first-order valence-electron chi connectivity index (χ1n) is 9.11. The summed E-state index contributed by atoms with van der Waals surface area (Å²) in [7, 11) is 0. The molecular formula is C21H32O. The standard InChI is InChI=1S/C21H32O/c1-4-5-6-7-8-11-18-14-17(3)21(20(22)15-18)19-12-9-10-16(2)13-19/h13-15,19,22H,4-12H2,1-3H3. The average Bonchev–Trinajstić information content (AvgIpc) is 2.46. The van der Waals surface area contributed by atoms with Crippen molar-refractivity contribution in [2.45, 2.75) is 84.5 Å². The highest BCUT2D eigenvalue weighted by Gasteiger charge is 2.19. The van der Waals surface area contributed by atoms with Crippen molar-refractivity contribution in [2.24, 2.45) is 0 Å². The Hall–Kier alpha value is -1.24. The number of rotatable bonds is 7. The molecule has 1 aromatic rings. The quantitative estimate of drug-likeness (QED) is 0.454. The number of phenolic OH excluding ortho intramolecular Hbond substituents is 1. The summed E-state index contributed by atoms with van der Waals surface area (Å²) in [5, 5.41) is 10.5. The molecule has 0 radical (unpaired) electrons. The second kappa shape index (κ2) is 8.41. The van der Waals surface area contributed by atoms with Gasteiger partial charge in [-0.2, -0.15) is 0 Å². The van der Waals surface area contributed by atoms with Crippen LogP contribution in [0.1, 0.15) is 87.8 Å². The lowest BCUT2D eigenvalue weighted by Crippen LogP contribution is -2.05. The van der Waals surface area contributed by atoms with Crippen LogP contribution in [0.15, 0.2) is 23.8 Å². The molecule has 1 atom stereocenters. The van der Waals surface area contributed by atoms with Crippen molar-refractivity contribution in [2.75, 3.05) is 0 Å². The van der Waals surface area contributed by atoms with Crippen LogP contribution in [0.25, 0.3) is 0 Å². The Bertz CT molecular complexity index is 490. The summed E-state index contributed by atoms with van der Waals surface area (Å²) in [4.78, 5) is 0. The first-order valence-corrected chi connectivity index (χ1v) is 9.11. The molecule has 0 aliphatic heterocycles. The van der Waals surface area contributed by atoms with Gasteiger partial charge in [0.05, 0.1) is 0 Å². The summed E-state index contributed by atoms with van der Waals surface area (Å²) in [5.74, 6) is 0.923. The van der Waals surface area contributed by atoms with Gasteiger partial charge < -0.3 is 5.11 Å². The lowest BCUT2D eigenvalue weighted by molar-refractivity contribution is 0.459. The molecule has 1 nitrogen and oxygen atoms in total.